The minimum atomic E-state index is -0.118. The average Bonchev–Trinajstić information content (AvgIpc) is 2.93. The first-order valence-corrected chi connectivity index (χ1v) is 14.0. The van der Waals surface area contributed by atoms with E-state index < -0.39 is 0 Å². The lowest BCUT2D eigenvalue weighted by molar-refractivity contribution is -0.110. The Morgan fingerprint density at radius 1 is 1.11 bits per heavy atom. The van der Waals surface area contributed by atoms with E-state index in [0.717, 1.165) is 67.3 Å². The highest BCUT2D eigenvalue weighted by Gasteiger charge is 2.28. The number of carbonyl (C=O) groups is 2. The van der Waals surface area contributed by atoms with E-state index in [1.165, 1.54) is 11.1 Å². The van der Waals surface area contributed by atoms with Crippen molar-refractivity contribution in [3.05, 3.63) is 88.0 Å². The molecule has 4 N–H and O–H groups in total. The lowest BCUT2D eigenvalue weighted by atomic mass is 9.73. The predicted molar refractivity (Wildman–Crippen MR) is 158 cm³/mol. The maximum Gasteiger partial charge on any atom is 0.255 e. The lowest BCUT2D eigenvalue weighted by Gasteiger charge is -2.33. The van der Waals surface area contributed by atoms with Crippen LogP contribution in [0, 0.1) is 25.2 Å². The molecule has 0 bridgehead atoms. The summed E-state index contributed by atoms with van der Waals surface area (Å²) in [4.78, 5) is 24.5. The molecule has 0 heterocycles. The van der Waals surface area contributed by atoms with Gasteiger partial charge in [0.1, 0.15) is 0 Å². The number of carbonyl (C=O) groups excluding carboxylic acids is 2. The van der Waals surface area contributed by atoms with Gasteiger partial charge in [-0.2, -0.15) is 0 Å². The Bertz CT molecular complexity index is 1180. The Morgan fingerprint density at radius 3 is 2.47 bits per heavy atom. The molecule has 2 unspecified atom stereocenters. The van der Waals surface area contributed by atoms with Crippen molar-refractivity contribution in [3.63, 3.8) is 0 Å². The largest absolute Gasteiger partial charge is 0.355 e. The molecule has 0 saturated carbocycles. The standard InChI is InChI=1S/C33H45N3O2/c1-6-33(5,7-2)29-15-12-25(13-16-29)31(35-22-37)21-27-14-17-30(20-26(27)9-8-18-34)36-32(38)28-11-10-23(3)24(4)19-28/h10-12,14-17,19-20,22,25,31H,6-9,13,18,21,34H2,1-5H3,(H,35,37)(H,36,38). The van der Waals surface area contributed by atoms with Crippen LogP contribution in [0.3, 0.4) is 0 Å². The summed E-state index contributed by atoms with van der Waals surface area (Å²) in [6.07, 6.45) is 13.2. The maximum atomic E-state index is 12.9. The molecule has 0 aliphatic heterocycles. The Labute approximate surface area is 229 Å². The molecular weight excluding hydrogens is 470 g/mol. The molecule has 0 aromatic heterocycles. The van der Waals surface area contributed by atoms with Gasteiger partial charge in [-0.15, -0.1) is 0 Å². The molecular formula is C33H45N3O2. The molecule has 38 heavy (non-hydrogen) atoms. The highest BCUT2D eigenvalue weighted by Crippen LogP contribution is 2.38. The molecule has 0 radical (unpaired) electrons. The van der Waals surface area contributed by atoms with Crippen LogP contribution in [-0.4, -0.2) is 24.9 Å². The number of amides is 2. The SMILES string of the molecule is CCC(C)(CC)C1=CCC(C(Cc2ccc(NC(=O)c3ccc(C)c(C)c3)cc2CCCN)NC=O)C=C1. The Balaban J connectivity index is 1.79. The Kier molecular flexibility index (Phi) is 10.5. The number of hydrogen-bond donors (Lipinski definition) is 3. The Morgan fingerprint density at radius 2 is 1.87 bits per heavy atom. The van der Waals surface area contributed by atoms with Crippen molar-refractivity contribution in [2.24, 2.45) is 17.1 Å². The fourth-order valence-corrected chi connectivity index (χ4v) is 5.21. The molecule has 2 aromatic rings. The normalized spacial score (nSPS) is 16.1. The van der Waals surface area contributed by atoms with Crippen LogP contribution in [-0.2, 0) is 17.6 Å². The molecule has 1 aliphatic rings. The topological polar surface area (TPSA) is 84.2 Å². The van der Waals surface area contributed by atoms with Crippen LogP contribution in [0.15, 0.2) is 60.2 Å². The van der Waals surface area contributed by atoms with Gasteiger partial charge in [-0.3, -0.25) is 9.59 Å². The summed E-state index contributed by atoms with van der Waals surface area (Å²) < 4.78 is 0. The molecule has 2 aromatic carbocycles. The van der Waals surface area contributed by atoms with Crippen molar-refractivity contribution in [2.75, 3.05) is 11.9 Å². The molecule has 2 atom stereocenters. The van der Waals surface area contributed by atoms with E-state index in [4.69, 9.17) is 5.73 Å². The fourth-order valence-electron chi connectivity index (χ4n) is 5.21. The number of anilines is 1. The van der Waals surface area contributed by atoms with Crippen LogP contribution in [0.25, 0.3) is 0 Å². The summed E-state index contributed by atoms with van der Waals surface area (Å²) in [5.74, 6) is 0.112. The summed E-state index contributed by atoms with van der Waals surface area (Å²) in [7, 11) is 0. The van der Waals surface area contributed by atoms with Gasteiger partial charge in [0.05, 0.1) is 0 Å². The number of nitrogens with two attached hydrogens (primary N) is 1. The molecule has 1 aliphatic carbocycles. The smallest absolute Gasteiger partial charge is 0.255 e. The molecule has 0 saturated heterocycles. The van der Waals surface area contributed by atoms with Gasteiger partial charge >= 0.3 is 0 Å². The zero-order valence-electron chi connectivity index (χ0n) is 23.8. The van der Waals surface area contributed by atoms with Gasteiger partial charge < -0.3 is 16.4 Å². The van der Waals surface area contributed by atoms with Crippen molar-refractivity contribution < 1.29 is 9.59 Å². The van der Waals surface area contributed by atoms with Crippen LogP contribution in [0.5, 0.6) is 0 Å². The highest BCUT2D eigenvalue weighted by molar-refractivity contribution is 6.04. The van der Waals surface area contributed by atoms with E-state index in [-0.39, 0.29) is 23.3 Å². The minimum Gasteiger partial charge on any atom is -0.355 e. The van der Waals surface area contributed by atoms with Gasteiger partial charge in [-0.25, -0.2) is 0 Å². The van der Waals surface area contributed by atoms with Gasteiger partial charge in [0.15, 0.2) is 0 Å². The van der Waals surface area contributed by atoms with Gasteiger partial charge in [-0.05, 0) is 116 Å². The van der Waals surface area contributed by atoms with E-state index in [1.807, 2.05) is 38.1 Å². The molecule has 0 fully saturated rings. The Hall–Kier alpha value is -3.18. The first-order valence-electron chi connectivity index (χ1n) is 14.0. The number of rotatable bonds is 13. The molecule has 5 heteroatoms. The monoisotopic (exact) mass is 515 g/mol. The predicted octanol–water partition coefficient (Wildman–Crippen LogP) is 6.43. The highest BCUT2D eigenvalue weighted by atomic mass is 16.1. The average molecular weight is 516 g/mol. The van der Waals surface area contributed by atoms with Gasteiger partial charge in [0.2, 0.25) is 6.41 Å². The van der Waals surface area contributed by atoms with Gasteiger partial charge in [-0.1, -0.05) is 51.1 Å². The van der Waals surface area contributed by atoms with Gasteiger partial charge in [0.25, 0.3) is 5.91 Å². The van der Waals surface area contributed by atoms with E-state index >= 15 is 0 Å². The zero-order valence-corrected chi connectivity index (χ0v) is 23.8. The fraction of sp³-hybridized carbons (Fsp3) is 0.455. The number of benzene rings is 2. The molecule has 5 nitrogen and oxygen atoms in total. The van der Waals surface area contributed by atoms with Crippen LogP contribution >= 0.6 is 0 Å². The molecule has 3 rings (SSSR count). The molecule has 2 amide bonds. The van der Waals surface area contributed by atoms with E-state index in [2.05, 4.69) is 61.8 Å². The summed E-state index contributed by atoms with van der Waals surface area (Å²) in [6, 6.07) is 11.8. The van der Waals surface area contributed by atoms with Crippen molar-refractivity contribution in [1.82, 2.24) is 5.32 Å². The van der Waals surface area contributed by atoms with Crippen molar-refractivity contribution in [2.45, 2.75) is 79.2 Å². The minimum absolute atomic E-state index is 0.0105. The first kappa shape index (κ1) is 29.4. The number of nitrogens with one attached hydrogen (secondary N) is 2. The summed E-state index contributed by atoms with van der Waals surface area (Å²) in [6.45, 7) is 11.5. The second-order valence-corrected chi connectivity index (χ2v) is 10.9. The van der Waals surface area contributed by atoms with E-state index in [1.54, 1.807) is 0 Å². The third-order valence-corrected chi connectivity index (χ3v) is 8.51. The second kappa shape index (κ2) is 13.6. The van der Waals surface area contributed by atoms with Crippen molar-refractivity contribution in [1.29, 1.82) is 0 Å². The lowest BCUT2D eigenvalue weighted by Crippen LogP contribution is -2.37. The van der Waals surface area contributed by atoms with Crippen molar-refractivity contribution >= 4 is 18.0 Å². The zero-order chi connectivity index (χ0) is 27.7. The quantitative estimate of drug-likeness (QED) is 0.269. The number of aryl methyl sites for hydroxylation is 3. The van der Waals surface area contributed by atoms with E-state index in [0.29, 0.717) is 12.1 Å². The number of allylic oxidation sites excluding steroid dienone is 3. The van der Waals surface area contributed by atoms with E-state index in [9.17, 15) is 9.59 Å². The van der Waals surface area contributed by atoms with Crippen LogP contribution in [0.2, 0.25) is 0 Å². The summed E-state index contributed by atoms with van der Waals surface area (Å²) in [5, 5.41) is 6.15. The van der Waals surface area contributed by atoms with Crippen LogP contribution in [0.1, 0.15) is 79.1 Å². The third-order valence-electron chi connectivity index (χ3n) is 8.51. The summed E-state index contributed by atoms with van der Waals surface area (Å²) in [5.41, 5.74) is 13.5. The molecule has 0 spiro atoms. The van der Waals surface area contributed by atoms with Crippen LogP contribution in [0.4, 0.5) is 5.69 Å². The molecule has 204 valence electrons. The summed E-state index contributed by atoms with van der Waals surface area (Å²) >= 11 is 0. The van der Waals surface area contributed by atoms with Gasteiger partial charge in [0, 0.05) is 23.2 Å². The maximum absolute atomic E-state index is 12.9. The van der Waals surface area contributed by atoms with Crippen molar-refractivity contribution in [3.8, 4) is 0 Å². The number of hydrogen-bond acceptors (Lipinski definition) is 3. The first-order chi connectivity index (χ1) is 18.2. The third kappa shape index (κ3) is 7.22. The second-order valence-electron chi connectivity index (χ2n) is 10.9. The van der Waals surface area contributed by atoms with Crippen LogP contribution < -0.4 is 16.4 Å².